The minimum Gasteiger partial charge on any atom is -0.494 e. The average Bonchev–Trinajstić information content (AvgIpc) is 3.48. The monoisotopic (exact) mass is 465 g/mol. The van der Waals surface area contributed by atoms with Gasteiger partial charge in [-0.25, -0.2) is 9.89 Å². The molecule has 0 spiro atoms. The quantitative estimate of drug-likeness (QED) is 0.334. The Hall–Kier alpha value is -3.46. The van der Waals surface area contributed by atoms with Gasteiger partial charge in [0.05, 0.1) is 6.61 Å². The molecule has 0 radical (unpaired) electrons. The van der Waals surface area contributed by atoms with E-state index in [1.165, 1.54) is 24.1 Å². The number of nitrogens with zero attached hydrogens (tertiary/aromatic N) is 3. The first-order valence-electron chi connectivity index (χ1n) is 11.2. The molecule has 0 saturated carbocycles. The molecule has 0 unspecified atom stereocenters. The number of nitrogens with one attached hydrogen (secondary N) is 2. The van der Waals surface area contributed by atoms with Crippen molar-refractivity contribution >= 4 is 11.3 Å². The number of rotatable bonds is 10. The van der Waals surface area contributed by atoms with Gasteiger partial charge in [0.15, 0.2) is 0 Å². The molecule has 1 aromatic carbocycles. The van der Waals surface area contributed by atoms with E-state index in [1.807, 2.05) is 42.5 Å². The highest BCUT2D eigenvalue weighted by Crippen LogP contribution is 2.33. The number of unbranched alkanes of at least 4 members (excludes halogenated alkanes) is 3. The molecule has 0 saturated heterocycles. The zero-order chi connectivity index (χ0) is 23.2. The standard InChI is InChI=1S/C24H27N5O3S/c1-3-5-6-7-14-32-17-10-8-16(9-11-17)20-15-19(21-13-12-18(4-2)33-21)22(23(30)25-20)29-24(31)26-27-28-29/h8-13,15H,3-7,14H2,1-2H3,(H,25,30)(H,26,28,31). The third-order valence-corrected chi connectivity index (χ3v) is 6.66. The molecule has 0 fully saturated rings. The molecule has 172 valence electrons. The molecule has 0 bridgehead atoms. The third-order valence-electron chi connectivity index (χ3n) is 5.40. The molecular weight excluding hydrogens is 438 g/mol. The minimum absolute atomic E-state index is 0.147. The van der Waals surface area contributed by atoms with E-state index in [1.54, 1.807) is 11.3 Å². The number of aryl methyl sites for hydroxylation is 1. The maximum Gasteiger partial charge on any atom is 0.366 e. The number of hydrogen-bond donors (Lipinski definition) is 2. The lowest BCUT2D eigenvalue weighted by Gasteiger charge is -2.11. The molecule has 9 heteroatoms. The van der Waals surface area contributed by atoms with Gasteiger partial charge in [0.25, 0.3) is 5.56 Å². The number of ether oxygens (including phenoxy) is 1. The largest absolute Gasteiger partial charge is 0.494 e. The van der Waals surface area contributed by atoms with Crippen LogP contribution in [0.3, 0.4) is 0 Å². The number of thiophene rings is 1. The minimum atomic E-state index is -0.567. The van der Waals surface area contributed by atoms with Gasteiger partial charge in [-0.2, -0.15) is 4.68 Å². The topological polar surface area (TPSA) is 106 Å². The Morgan fingerprint density at radius 2 is 1.85 bits per heavy atom. The summed E-state index contributed by atoms with van der Waals surface area (Å²) in [5.74, 6) is 0.800. The molecule has 4 aromatic rings. The normalized spacial score (nSPS) is 11.1. The van der Waals surface area contributed by atoms with Gasteiger partial charge in [0, 0.05) is 21.0 Å². The SMILES string of the molecule is CCCCCCOc1ccc(-c2cc(-c3ccc(CC)s3)c(-n3nn[nH]c3=O)c(=O)[nH]2)cc1. The van der Waals surface area contributed by atoms with Crippen molar-refractivity contribution in [2.24, 2.45) is 0 Å². The molecule has 0 amide bonds. The second kappa shape index (κ2) is 10.4. The summed E-state index contributed by atoms with van der Waals surface area (Å²) in [6, 6.07) is 13.5. The van der Waals surface area contributed by atoms with Crippen LogP contribution in [0, 0.1) is 0 Å². The fourth-order valence-electron chi connectivity index (χ4n) is 3.61. The number of benzene rings is 1. The van der Waals surface area contributed by atoms with E-state index >= 15 is 0 Å². The van der Waals surface area contributed by atoms with Crippen LogP contribution in [0.1, 0.15) is 44.4 Å². The molecule has 3 heterocycles. The summed E-state index contributed by atoms with van der Waals surface area (Å²) in [6.45, 7) is 4.96. The third kappa shape index (κ3) is 5.14. The van der Waals surface area contributed by atoms with Crippen LogP contribution in [0.15, 0.2) is 52.1 Å². The van der Waals surface area contributed by atoms with Crippen molar-refractivity contribution in [1.82, 2.24) is 25.2 Å². The van der Waals surface area contributed by atoms with Crippen LogP contribution in [0.4, 0.5) is 0 Å². The Morgan fingerprint density at radius 3 is 2.52 bits per heavy atom. The van der Waals surface area contributed by atoms with Crippen LogP contribution < -0.4 is 16.0 Å². The van der Waals surface area contributed by atoms with Gasteiger partial charge in [-0.05, 0) is 71.3 Å². The lowest BCUT2D eigenvalue weighted by atomic mass is 10.1. The van der Waals surface area contributed by atoms with Gasteiger partial charge in [-0.15, -0.1) is 11.3 Å². The highest BCUT2D eigenvalue weighted by atomic mass is 32.1. The molecule has 2 N–H and O–H groups in total. The predicted octanol–water partition coefficient (Wildman–Crippen LogP) is 4.56. The Balaban J connectivity index is 1.68. The second-order valence-corrected chi connectivity index (χ2v) is 8.91. The number of pyridine rings is 1. The Kier molecular flexibility index (Phi) is 7.19. The van der Waals surface area contributed by atoms with Crippen LogP contribution in [0.25, 0.3) is 27.4 Å². The Labute approximate surface area is 195 Å². The van der Waals surface area contributed by atoms with E-state index in [0.717, 1.165) is 33.7 Å². The fourth-order valence-corrected chi connectivity index (χ4v) is 4.58. The smallest absolute Gasteiger partial charge is 0.366 e. The molecule has 0 aliphatic carbocycles. The van der Waals surface area contributed by atoms with Crippen LogP contribution in [0.2, 0.25) is 0 Å². The Morgan fingerprint density at radius 1 is 1.03 bits per heavy atom. The molecule has 0 atom stereocenters. The highest BCUT2D eigenvalue weighted by molar-refractivity contribution is 7.15. The van der Waals surface area contributed by atoms with Crippen molar-refractivity contribution in [2.45, 2.75) is 46.0 Å². The summed E-state index contributed by atoms with van der Waals surface area (Å²) in [7, 11) is 0. The zero-order valence-corrected chi connectivity index (χ0v) is 19.6. The lowest BCUT2D eigenvalue weighted by molar-refractivity contribution is 0.305. The lowest BCUT2D eigenvalue weighted by Crippen LogP contribution is -2.25. The molecule has 8 nitrogen and oxygen atoms in total. The van der Waals surface area contributed by atoms with E-state index in [2.05, 4.69) is 34.4 Å². The van der Waals surface area contributed by atoms with E-state index in [0.29, 0.717) is 17.9 Å². The number of aromatic amines is 2. The van der Waals surface area contributed by atoms with Crippen molar-refractivity contribution in [2.75, 3.05) is 6.61 Å². The molecule has 3 aromatic heterocycles. The maximum atomic E-state index is 13.1. The first-order chi connectivity index (χ1) is 16.1. The van der Waals surface area contributed by atoms with Crippen molar-refractivity contribution < 1.29 is 4.74 Å². The molecule has 0 aliphatic heterocycles. The molecule has 0 aliphatic rings. The van der Waals surface area contributed by atoms with Crippen molar-refractivity contribution in [3.8, 4) is 33.1 Å². The second-order valence-electron chi connectivity index (χ2n) is 7.75. The number of aromatic nitrogens is 5. The number of tetrazole rings is 1. The van der Waals surface area contributed by atoms with Crippen LogP contribution >= 0.6 is 11.3 Å². The molecule has 33 heavy (non-hydrogen) atoms. The number of H-pyrrole nitrogens is 2. The van der Waals surface area contributed by atoms with Gasteiger partial charge in [-0.1, -0.05) is 33.1 Å². The first kappa shape index (κ1) is 22.7. The van der Waals surface area contributed by atoms with E-state index < -0.39 is 11.2 Å². The van der Waals surface area contributed by atoms with Gasteiger partial charge < -0.3 is 9.72 Å². The zero-order valence-electron chi connectivity index (χ0n) is 18.8. The van der Waals surface area contributed by atoms with E-state index in [-0.39, 0.29) is 5.69 Å². The Bertz CT molecular complexity index is 1320. The summed E-state index contributed by atoms with van der Waals surface area (Å²) >= 11 is 1.59. The number of hydrogen-bond acceptors (Lipinski definition) is 6. The van der Waals surface area contributed by atoms with Crippen molar-refractivity contribution in [3.05, 3.63) is 68.2 Å². The molecular formula is C24H27N5O3S. The summed E-state index contributed by atoms with van der Waals surface area (Å²) < 4.78 is 6.83. The summed E-state index contributed by atoms with van der Waals surface area (Å²) in [6.07, 6.45) is 5.51. The van der Waals surface area contributed by atoms with Crippen LogP contribution in [0.5, 0.6) is 5.75 Å². The molecule has 4 rings (SSSR count). The summed E-state index contributed by atoms with van der Waals surface area (Å²) in [5, 5.41) is 9.58. The highest BCUT2D eigenvalue weighted by Gasteiger charge is 2.19. The first-order valence-corrected chi connectivity index (χ1v) is 12.0. The van der Waals surface area contributed by atoms with Gasteiger partial charge in [-0.3, -0.25) is 4.79 Å². The fraction of sp³-hybridized carbons (Fsp3) is 0.333. The van der Waals surface area contributed by atoms with Crippen LogP contribution in [-0.2, 0) is 6.42 Å². The predicted molar refractivity (Wildman–Crippen MR) is 130 cm³/mol. The van der Waals surface area contributed by atoms with E-state index in [4.69, 9.17) is 4.74 Å². The van der Waals surface area contributed by atoms with Crippen LogP contribution in [-0.4, -0.2) is 31.8 Å². The average molecular weight is 466 g/mol. The van der Waals surface area contributed by atoms with E-state index in [9.17, 15) is 9.59 Å². The van der Waals surface area contributed by atoms with Gasteiger partial charge in [0.1, 0.15) is 11.4 Å². The summed E-state index contributed by atoms with van der Waals surface area (Å²) in [4.78, 5) is 30.2. The van der Waals surface area contributed by atoms with Gasteiger partial charge >= 0.3 is 5.69 Å². The summed E-state index contributed by atoms with van der Waals surface area (Å²) in [5.41, 5.74) is 1.29. The maximum absolute atomic E-state index is 13.1. The van der Waals surface area contributed by atoms with Gasteiger partial charge in [0.2, 0.25) is 0 Å². The van der Waals surface area contributed by atoms with Crippen molar-refractivity contribution in [3.63, 3.8) is 0 Å². The van der Waals surface area contributed by atoms with Crippen molar-refractivity contribution in [1.29, 1.82) is 0 Å².